The zero-order chi connectivity index (χ0) is 21.4. The first kappa shape index (κ1) is 21.4. The molecule has 2 saturated carbocycles. The summed E-state index contributed by atoms with van der Waals surface area (Å²) in [5.74, 6) is -4.78. The van der Waals surface area contributed by atoms with Crippen LogP contribution in [0.25, 0.3) is 0 Å². The number of hydrogen-bond acceptors (Lipinski definition) is 8. The molecule has 1 spiro atoms. The van der Waals surface area contributed by atoms with Gasteiger partial charge in [0.15, 0.2) is 15.9 Å². The fourth-order valence-corrected chi connectivity index (χ4v) is 5.58. The molecule has 2 bridgehead atoms. The Labute approximate surface area is 190 Å². The van der Waals surface area contributed by atoms with Crippen molar-refractivity contribution in [1.29, 1.82) is 0 Å². The van der Waals surface area contributed by atoms with Crippen LogP contribution in [0.1, 0.15) is 29.6 Å². The summed E-state index contributed by atoms with van der Waals surface area (Å²) >= 11 is 4.02. The second-order valence-electron chi connectivity index (χ2n) is 7.08. The highest BCUT2D eigenvalue weighted by Gasteiger charge is 2.63. The molecule has 1 heterocycles. The Morgan fingerprint density at radius 1 is 1.24 bits per heavy atom. The van der Waals surface area contributed by atoms with Gasteiger partial charge in [-0.15, -0.1) is 0 Å². The molecule has 29 heavy (non-hydrogen) atoms. The number of alkyl halides is 2. The van der Waals surface area contributed by atoms with Crippen molar-refractivity contribution in [2.24, 2.45) is 11.8 Å². The predicted octanol–water partition coefficient (Wildman–Crippen LogP) is 2.62. The van der Waals surface area contributed by atoms with Crippen LogP contribution in [-0.4, -0.2) is 42.1 Å². The zero-order valence-corrected chi connectivity index (χ0v) is 19.3. The molecule has 2 fully saturated rings. The van der Waals surface area contributed by atoms with Crippen LogP contribution >= 0.6 is 45.2 Å². The predicted molar refractivity (Wildman–Crippen MR) is 106 cm³/mol. The molecule has 1 aromatic carbocycles. The molecular weight excluding hydrogens is 644 g/mol. The molecule has 158 valence electrons. The number of esters is 2. The lowest BCUT2D eigenvalue weighted by Gasteiger charge is -2.42. The second-order valence-corrected chi connectivity index (χ2v) is 10.8. The monoisotopic (exact) mass is 655 g/mol. The van der Waals surface area contributed by atoms with Gasteiger partial charge in [0.2, 0.25) is 0 Å². The van der Waals surface area contributed by atoms with Gasteiger partial charge in [-0.2, -0.15) is 8.78 Å². The molecule has 0 saturated heterocycles. The Morgan fingerprint density at radius 2 is 1.90 bits per heavy atom. The van der Waals surface area contributed by atoms with E-state index in [9.17, 15) is 31.3 Å². The average molecular weight is 655 g/mol. The minimum absolute atomic E-state index is 0.0362. The number of benzene rings is 1. The number of ether oxygens (including phenoxy) is 3. The molecule has 4 rings (SSSR count). The Morgan fingerprint density at radius 3 is 2.48 bits per heavy atom. The Kier molecular flexibility index (Phi) is 5.06. The largest absolute Gasteiger partial charge is 0.743 e. The minimum Gasteiger partial charge on any atom is -0.743 e. The molecule has 4 atom stereocenters. The van der Waals surface area contributed by atoms with Gasteiger partial charge in [0.05, 0.1) is 3.57 Å². The van der Waals surface area contributed by atoms with E-state index in [0.29, 0.717) is 24.9 Å². The summed E-state index contributed by atoms with van der Waals surface area (Å²) in [6.45, 7) is 0. The summed E-state index contributed by atoms with van der Waals surface area (Å²) in [6.07, 6.45) is -0.520. The standard InChI is InChI=1S/C16H12F2I2O8S/c17-16(18,29(23,24)25)14(22)26-10-4-7-3-6(10)5-15(7)27-12-9(20)2-1-8(19)11(12)13(21)28-15/h1-2,6-7,10H,3-5H2,(H,23,24,25)/p-1. The summed E-state index contributed by atoms with van der Waals surface area (Å²) in [4.78, 5) is 24.1. The third-order valence-corrected chi connectivity index (χ3v) is 7.95. The van der Waals surface area contributed by atoms with Gasteiger partial charge in [-0.05, 0) is 70.2 Å². The van der Waals surface area contributed by atoms with Gasteiger partial charge >= 0.3 is 17.2 Å². The number of hydrogen-bond donors (Lipinski definition) is 0. The van der Waals surface area contributed by atoms with Gasteiger partial charge in [0, 0.05) is 21.8 Å². The van der Waals surface area contributed by atoms with Crippen molar-refractivity contribution in [2.75, 3.05) is 0 Å². The first-order valence-corrected chi connectivity index (χ1v) is 11.9. The zero-order valence-electron chi connectivity index (χ0n) is 14.2. The van der Waals surface area contributed by atoms with Crippen LogP contribution < -0.4 is 4.74 Å². The van der Waals surface area contributed by atoms with Gasteiger partial charge in [0.1, 0.15) is 11.7 Å². The minimum atomic E-state index is -6.19. The van der Waals surface area contributed by atoms with Gasteiger partial charge in [-0.1, -0.05) is 0 Å². The van der Waals surface area contributed by atoms with Gasteiger partial charge in [-0.3, -0.25) is 0 Å². The molecule has 1 aliphatic heterocycles. The lowest BCUT2D eigenvalue weighted by molar-refractivity contribution is -0.203. The lowest BCUT2D eigenvalue weighted by Crippen LogP contribution is -2.52. The van der Waals surface area contributed by atoms with E-state index in [4.69, 9.17) is 9.47 Å². The third-order valence-electron chi connectivity index (χ3n) is 5.41. The Bertz CT molecular complexity index is 1030. The van der Waals surface area contributed by atoms with Crippen molar-refractivity contribution < 1.29 is 45.6 Å². The first-order chi connectivity index (χ1) is 13.4. The average Bonchev–Trinajstić information content (AvgIpc) is 3.14. The van der Waals surface area contributed by atoms with Crippen molar-refractivity contribution in [3.8, 4) is 5.75 Å². The molecule has 4 unspecified atom stereocenters. The Balaban J connectivity index is 1.53. The van der Waals surface area contributed by atoms with Crippen LogP contribution in [0.3, 0.4) is 0 Å². The van der Waals surface area contributed by atoms with E-state index in [1.54, 1.807) is 12.1 Å². The van der Waals surface area contributed by atoms with Crippen molar-refractivity contribution in [1.82, 2.24) is 0 Å². The Hall–Kier alpha value is -0.810. The van der Waals surface area contributed by atoms with Crippen LogP contribution in [0.2, 0.25) is 0 Å². The van der Waals surface area contributed by atoms with Crippen LogP contribution in [-0.2, 0) is 24.4 Å². The number of carbonyl (C=O) groups excluding carboxylic acids is 2. The quantitative estimate of drug-likeness (QED) is 0.277. The molecule has 1 aromatic rings. The highest BCUT2D eigenvalue weighted by atomic mass is 127. The normalized spacial score (nSPS) is 30.7. The van der Waals surface area contributed by atoms with Crippen LogP contribution in [0.5, 0.6) is 5.75 Å². The molecule has 8 nitrogen and oxygen atoms in total. The fourth-order valence-electron chi connectivity index (χ4n) is 4.12. The van der Waals surface area contributed by atoms with E-state index >= 15 is 0 Å². The molecule has 0 aromatic heterocycles. The van der Waals surface area contributed by atoms with E-state index in [1.165, 1.54) is 0 Å². The third kappa shape index (κ3) is 3.31. The number of halogens is 4. The van der Waals surface area contributed by atoms with E-state index in [1.807, 2.05) is 45.2 Å². The molecule has 2 aliphatic carbocycles. The maximum absolute atomic E-state index is 13.4. The van der Waals surface area contributed by atoms with Crippen LogP contribution in [0, 0.1) is 19.0 Å². The van der Waals surface area contributed by atoms with Crippen molar-refractivity contribution in [3.05, 3.63) is 24.8 Å². The van der Waals surface area contributed by atoms with Crippen LogP contribution in [0.15, 0.2) is 12.1 Å². The van der Waals surface area contributed by atoms with Gasteiger partial charge in [-0.25, -0.2) is 18.0 Å². The first-order valence-electron chi connectivity index (χ1n) is 8.30. The number of carbonyl (C=O) groups is 2. The topological polar surface area (TPSA) is 119 Å². The summed E-state index contributed by atoms with van der Waals surface area (Å²) in [6, 6.07) is 3.54. The van der Waals surface area contributed by atoms with E-state index in [0.717, 1.165) is 0 Å². The summed E-state index contributed by atoms with van der Waals surface area (Å²) < 4.78 is 76.3. The van der Waals surface area contributed by atoms with E-state index in [-0.39, 0.29) is 12.8 Å². The highest BCUT2D eigenvalue weighted by Crippen LogP contribution is 2.57. The van der Waals surface area contributed by atoms with Crippen molar-refractivity contribution >= 4 is 67.2 Å². The molecule has 0 N–H and O–H groups in total. The summed E-state index contributed by atoms with van der Waals surface area (Å²) in [5, 5.41) is -5.16. The van der Waals surface area contributed by atoms with Gasteiger partial charge in [0.25, 0.3) is 5.79 Å². The molecule has 0 radical (unpaired) electrons. The van der Waals surface area contributed by atoms with E-state index < -0.39 is 51.0 Å². The molecule has 3 aliphatic rings. The maximum Gasteiger partial charge on any atom is 0.428 e. The van der Waals surface area contributed by atoms with Crippen molar-refractivity contribution in [3.63, 3.8) is 0 Å². The van der Waals surface area contributed by atoms with Gasteiger partial charge < -0.3 is 18.8 Å². The molecular formula is C16H11F2I2O8S-. The van der Waals surface area contributed by atoms with Crippen molar-refractivity contribution in [2.45, 2.75) is 36.4 Å². The summed E-state index contributed by atoms with van der Waals surface area (Å²) in [7, 11) is -6.19. The van der Waals surface area contributed by atoms with Crippen LogP contribution in [0.4, 0.5) is 8.78 Å². The molecule has 13 heteroatoms. The lowest BCUT2D eigenvalue weighted by atomic mass is 9.90. The van der Waals surface area contributed by atoms with E-state index in [2.05, 4.69) is 4.74 Å². The second kappa shape index (κ2) is 6.85. The fraction of sp³-hybridized carbons (Fsp3) is 0.500. The SMILES string of the molecule is O=C1OC2(CC3CC2CC3OC(=O)C(F)(F)S(=O)(=O)[O-])Oc2c(I)ccc(I)c21. The smallest absolute Gasteiger partial charge is 0.428 e. The number of fused-ring (bicyclic) bond motifs is 4. The highest BCUT2D eigenvalue weighted by molar-refractivity contribution is 14.1. The molecule has 0 amide bonds. The number of rotatable bonds is 3. The maximum atomic E-state index is 13.4. The summed E-state index contributed by atoms with van der Waals surface area (Å²) in [5.41, 5.74) is 0.314.